The van der Waals surface area contributed by atoms with Gasteiger partial charge in [0.05, 0.1) is 24.2 Å². The predicted molar refractivity (Wildman–Crippen MR) is 117 cm³/mol. The third-order valence-corrected chi connectivity index (χ3v) is 7.09. The van der Waals surface area contributed by atoms with Crippen LogP contribution in [0.1, 0.15) is 44.7 Å². The number of fused-ring (bicyclic) bond motifs is 2. The molecule has 3 saturated heterocycles. The summed E-state index contributed by atoms with van der Waals surface area (Å²) in [5.41, 5.74) is 8.24. The van der Waals surface area contributed by atoms with Gasteiger partial charge in [-0.2, -0.15) is 5.26 Å². The molecule has 31 heavy (non-hydrogen) atoms. The zero-order valence-electron chi connectivity index (χ0n) is 18.4. The van der Waals surface area contributed by atoms with Crippen molar-refractivity contribution in [3.8, 4) is 6.07 Å². The fraction of sp³-hybridized carbons (Fsp3) is 0.583. The summed E-state index contributed by atoms with van der Waals surface area (Å²) >= 11 is 0. The highest BCUT2D eigenvalue weighted by molar-refractivity contribution is 5.86. The van der Waals surface area contributed by atoms with Gasteiger partial charge in [-0.15, -0.1) is 0 Å². The third kappa shape index (κ3) is 3.95. The Balaban J connectivity index is 1.44. The van der Waals surface area contributed by atoms with E-state index in [1.54, 1.807) is 12.1 Å². The highest BCUT2D eigenvalue weighted by atomic mass is 19.1. The maximum absolute atomic E-state index is 13.4. The molecule has 3 aliphatic heterocycles. The van der Waals surface area contributed by atoms with E-state index in [1.165, 1.54) is 12.1 Å². The van der Waals surface area contributed by atoms with Gasteiger partial charge in [0.1, 0.15) is 11.9 Å². The Labute approximate surface area is 184 Å². The summed E-state index contributed by atoms with van der Waals surface area (Å²) in [6.45, 7) is 10.5. The highest BCUT2D eigenvalue weighted by Gasteiger charge is 2.52. The fourth-order valence-electron chi connectivity index (χ4n) is 5.60. The van der Waals surface area contributed by atoms with E-state index in [4.69, 9.17) is 5.73 Å². The van der Waals surface area contributed by atoms with E-state index >= 15 is 0 Å². The van der Waals surface area contributed by atoms with Crippen molar-refractivity contribution in [1.82, 2.24) is 14.7 Å². The number of rotatable bonds is 7. The lowest BCUT2D eigenvalue weighted by Crippen LogP contribution is -2.55. The lowest BCUT2D eigenvalue weighted by Gasteiger charge is -2.41. The second-order valence-electron chi connectivity index (χ2n) is 9.42. The standard InChI is InChI=1S/C24H32FN5O/c1-15(2)23(17-6-8-18(25)9-7-17)30-20-11-22(24(30)31)28(13-20)14-21(27)16(3)29-10-4-5-19(29)12-26/h6-9,15,19-23H,3-5,10-11,13-14,27H2,1-2H3/t19?,20-,21?,22?,23?/m0/s1. The minimum atomic E-state index is -0.299. The van der Waals surface area contributed by atoms with E-state index in [-0.39, 0.29) is 47.9 Å². The summed E-state index contributed by atoms with van der Waals surface area (Å²) in [6, 6.07) is 8.31. The van der Waals surface area contributed by atoms with Gasteiger partial charge in [-0.25, -0.2) is 4.39 Å². The lowest BCUT2D eigenvalue weighted by molar-refractivity contribution is -0.140. The van der Waals surface area contributed by atoms with Crippen LogP contribution in [-0.4, -0.2) is 64.4 Å². The number of likely N-dealkylation sites (tertiary alicyclic amines) is 3. The molecule has 4 unspecified atom stereocenters. The Morgan fingerprint density at radius 1 is 1.35 bits per heavy atom. The van der Waals surface area contributed by atoms with Crippen molar-refractivity contribution in [3.63, 3.8) is 0 Å². The molecular formula is C24H32FN5O. The van der Waals surface area contributed by atoms with E-state index < -0.39 is 0 Å². The summed E-state index contributed by atoms with van der Waals surface area (Å²) < 4.78 is 13.4. The van der Waals surface area contributed by atoms with Crippen molar-refractivity contribution < 1.29 is 9.18 Å². The maximum atomic E-state index is 13.4. The minimum Gasteiger partial charge on any atom is -0.358 e. The second-order valence-corrected chi connectivity index (χ2v) is 9.42. The van der Waals surface area contributed by atoms with Gasteiger partial charge in [0, 0.05) is 31.4 Å². The minimum absolute atomic E-state index is 0.0603. The molecule has 0 saturated carbocycles. The summed E-state index contributed by atoms with van der Waals surface area (Å²) in [4.78, 5) is 19.6. The summed E-state index contributed by atoms with van der Waals surface area (Å²) in [7, 11) is 0. The number of piperazine rings is 1. The molecule has 6 nitrogen and oxygen atoms in total. The van der Waals surface area contributed by atoms with Gasteiger partial charge >= 0.3 is 0 Å². The molecule has 0 radical (unpaired) electrons. The number of amides is 1. The Hall–Kier alpha value is -2.43. The smallest absolute Gasteiger partial charge is 0.240 e. The van der Waals surface area contributed by atoms with Crippen LogP contribution >= 0.6 is 0 Å². The number of halogens is 1. The summed E-state index contributed by atoms with van der Waals surface area (Å²) in [5, 5.41) is 9.35. The topological polar surface area (TPSA) is 76.6 Å². The van der Waals surface area contributed by atoms with Crippen LogP contribution < -0.4 is 5.73 Å². The number of benzene rings is 1. The first kappa shape index (κ1) is 21.8. The van der Waals surface area contributed by atoms with Gasteiger partial charge in [0.25, 0.3) is 0 Å². The SMILES string of the molecule is C=C(C(N)CN1C[C@@H]2CC1C(=O)N2C(c1ccc(F)cc1)C(C)C)N1CCCC1C#N. The van der Waals surface area contributed by atoms with Crippen molar-refractivity contribution in [2.24, 2.45) is 11.7 Å². The van der Waals surface area contributed by atoms with Gasteiger partial charge < -0.3 is 15.5 Å². The Morgan fingerprint density at radius 2 is 2.06 bits per heavy atom. The third-order valence-electron chi connectivity index (χ3n) is 7.09. The average Bonchev–Trinajstić information content (AvgIpc) is 3.44. The van der Waals surface area contributed by atoms with Crippen molar-refractivity contribution in [2.75, 3.05) is 19.6 Å². The zero-order valence-corrected chi connectivity index (χ0v) is 18.4. The van der Waals surface area contributed by atoms with E-state index in [0.29, 0.717) is 6.54 Å². The Kier molecular flexibility index (Phi) is 6.05. The summed E-state index contributed by atoms with van der Waals surface area (Å²) in [5.74, 6) is 0.0908. The molecule has 3 fully saturated rings. The maximum Gasteiger partial charge on any atom is 0.240 e. The molecule has 1 aromatic carbocycles. The second kappa shape index (κ2) is 8.60. The quantitative estimate of drug-likeness (QED) is 0.727. The monoisotopic (exact) mass is 425 g/mol. The van der Waals surface area contributed by atoms with Gasteiger partial charge in [-0.05, 0) is 42.9 Å². The molecule has 1 aromatic rings. The van der Waals surface area contributed by atoms with Crippen LogP contribution in [0.3, 0.4) is 0 Å². The van der Waals surface area contributed by atoms with Crippen LogP contribution in [0.4, 0.5) is 4.39 Å². The van der Waals surface area contributed by atoms with Crippen molar-refractivity contribution >= 4 is 5.91 Å². The molecular weight excluding hydrogens is 393 g/mol. The van der Waals surface area contributed by atoms with Crippen molar-refractivity contribution in [1.29, 1.82) is 5.26 Å². The van der Waals surface area contributed by atoms with Crippen LogP contribution in [0.2, 0.25) is 0 Å². The normalized spacial score (nSPS) is 27.7. The first-order chi connectivity index (χ1) is 14.8. The first-order valence-electron chi connectivity index (χ1n) is 11.2. The number of nitriles is 1. The number of carbonyl (C=O) groups excluding carboxylic acids is 1. The molecule has 2 N–H and O–H groups in total. The molecule has 166 valence electrons. The highest BCUT2D eigenvalue weighted by Crippen LogP contribution is 2.41. The number of hydrogen-bond acceptors (Lipinski definition) is 5. The molecule has 7 heteroatoms. The zero-order chi connectivity index (χ0) is 22.3. The van der Waals surface area contributed by atoms with Crippen LogP contribution in [-0.2, 0) is 4.79 Å². The van der Waals surface area contributed by atoms with E-state index in [1.807, 2.05) is 9.80 Å². The van der Waals surface area contributed by atoms with Crippen LogP contribution in [0.25, 0.3) is 0 Å². The average molecular weight is 426 g/mol. The van der Waals surface area contributed by atoms with Crippen LogP contribution in [0.5, 0.6) is 0 Å². The van der Waals surface area contributed by atoms with Gasteiger partial charge in [0.2, 0.25) is 5.91 Å². The van der Waals surface area contributed by atoms with E-state index in [0.717, 1.165) is 43.6 Å². The Morgan fingerprint density at radius 3 is 2.68 bits per heavy atom. The molecule has 5 atom stereocenters. The van der Waals surface area contributed by atoms with E-state index in [9.17, 15) is 14.4 Å². The van der Waals surface area contributed by atoms with Gasteiger partial charge in [-0.1, -0.05) is 32.6 Å². The largest absolute Gasteiger partial charge is 0.358 e. The molecule has 0 aliphatic carbocycles. The number of nitrogens with two attached hydrogens (primary N) is 1. The van der Waals surface area contributed by atoms with E-state index in [2.05, 4.69) is 31.4 Å². The lowest BCUT2D eigenvalue weighted by atomic mass is 9.93. The Bertz CT molecular complexity index is 879. The fourth-order valence-corrected chi connectivity index (χ4v) is 5.60. The van der Waals surface area contributed by atoms with Crippen molar-refractivity contribution in [2.45, 2.75) is 63.3 Å². The van der Waals surface area contributed by atoms with Crippen molar-refractivity contribution in [3.05, 3.63) is 47.9 Å². The molecule has 0 aromatic heterocycles. The molecule has 4 rings (SSSR count). The molecule has 2 bridgehead atoms. The number of hydrogen-bond donors (Lipinski definition) is 1. The summed E-state index contributed by atoms with van der Waals surface area (Å²) in [6.07, 6.45) is 2.63. The molecule has 3 heterocycles. The predicted octanol–water partition coefficient (Wildman–Crippen LogP) is 2.64. The van der Waals surface area contributed by atoms with Gasteiger partial charge in [-0.3, -0.25) is 9.69 Å². The first-order valence-corrected chi connectivity index (χ1v) is 11.2. The number of carbonyl (C=O) groups is 1. The molecule has 3 aliphatic rings. The van der Waals surface area contributed by atoms with Gasteiger partial charge in [0.15, 0.2) is 0 Å². The number of nitrogens with zero attached hydrogens (tertiary/aromatic N) is 4. The molecule has 0 spiro atoms. The molecule has 1 amide bonds. The van der Waals surface area contributed by atoms with Crippen LogP contribution in [0.15, 0.2) is 36.5 Å². The van der Waals surface area contributed by atoms with Crippen LogP contribution in [0, 0.1) is 23.1 Å².